The Morgan fingerprint density at radius 1 is 1.11 bits per heavy atom. The van der Waals surface area contributed by atoms with Crippen LogP contribution in [-0.2, 0) is 16.1 Å². The van der Waals surface area contributed by atoms with Gasteiger partial charge >= 0.3 is 12.1 Å². The quantitative estimate of drug-likeness (QED) is 0.142. The predicted octanol–water partition coefficient (Wildman–Crippen LogP) is 7.59. The molecular weight excluding hydrogens is 819 g/mol. The molecule has 0 fully saturated rings. The molecule has 6 nitrogen and oxygen atoms in total. The maximum absolute atomic E-state index is 14.3. The van der Waals surface area contributed by atoms with E-state index in [2.05, 4.69) is 43.5 Å². The van der Waals surface area contributed by atoms with Crippen LogP contribution < -0.4 is 19.6 Å². The highest BCUT2D eigenvalue weighted by Gasteiger charge is 2.45. The molecule has 0 saturated carbocycles. The number of alkyl halides is 3. The van der Waals surface area contributed by atoms with Gasteiger partial charge in [0, 0.05) is 10.0 Å². The summed E-state index contributed by atoms with van der Waals surface area (Å²) in [6.07, 6.45) is -3.44. The van der Waals surface area contributed by atoms with Gasteiger partial charge in [-0.25, -0.2) is 9.79 Å². The van der Waals surface area contributed by atoms with Crippen LogP contribution in [0.2, 0.25) is 10.0 Å². The number of fused-ring (bicyclic) bond motifs is 1. The summed E-state index contributed by atoms with van der Waals surface area (Å²) in [5, 5.41) is 0.949. The van der Waals surface area contributed by atoms with Gasteiger partial charge in [0.05, 0.1) is 30.8 Å². The molecule has 228 valence electrons. The Morgan fingerprint density at radius 2 is 1.75 bits per heavy atom. The average molecular weight is 838 g/mol. The lowest BCUT2D eigenvalue weighted by molar-refractivity contribution is -0.140. The van der Waals surface area contributed by atoms with Gasteiger partial charge in [-0.2, -0.15) is 13.2 Å². The van der Waals surface area contributed by atoms with E-state index in [0.29, 0.717) is 32.4 Å². The molecule has 1 aliphatic rings. The number of nitrogens with zero attached hydrogens (tertiary/aromatic N) is 2. The van der Waals surface area contributed by atoms with Gasteiger partial charge in [-0.1, -0.05) is 58.8 Å². The van der Waals surface area contributed by atoms with Crippen LogP contribution in [0.4, 0.5) is 13.2 Å². The van der Waals surface area contributed by atoms with Crippen LogP contribution in [0, 0.1) is 3.57 Å². The summed E-state index contributed by atoms with van der Waals surface area (Å²) >= 11 is 18.4. The lowest BCUT2D eigenvalue weighted by Gasteiger charge is -2.26. The standard InChI is InChI=1S/C30H19BrCl2F3IN2O4S/c1-2-42-28(41)23-24(17-5-9-19(33)10-6-17)39-27(40)22(44-29(39)38-26(23)30(34,35)36)13-16-11-20(31)25(21(37)12-16)43-14-15-3-7-18(32)8-4-15/h3-13,24H,2,14H2,1H3/b22-13-/t24-/m1/s1. The second kappa shape index (κ2) is 13.4. The molecule has 0 spiro atoms. The van der Waals surface area contributed by atoms with Crippen LogP contribution in [0.5, 0.6) is 5.75 Å². The summed E-state index contributed by atoms with van der Waals surface area (Å²) < 4.78 is 56.5. The van der Waals surface area contributed by atoms with Gasteiger partial charge in [0.1, 0.15) is 12.4 Å². The van der Waals surface area contributed by atoms with Crippen LogP contribution in [0.25, 0.3) is 6.08 Å². The van der Waals surface area contributed by atoms with Crippen molar-refractivity contribution >= 4 is 85.1 Å². The largest absolute Gasteiger partial charge is 0.487 e. The number of ether oxygens (including phenoxy) is 2. The smallest absolute Gasteiger partial charge is 0.434 e. The van der Waals surface area contributed by atoms with Gasteiger partial charge in [-0.3, -0.25) is 9.36 Å². The molecule has 1 atom stereocenters. The summed E-state index contributed by atoms with van der Waals surface area (Å²) in [7, 11) is 0. The van der Waals surface area contributed by atoms with Crippen molar-refractivity contribution in [3.8, 4) is 5.75 Å². The molecule has 0 bridgehead atoms. The number of benzene rings is 3. The fourth-order valence-electron chi connectivity index (χ4n) is 4.49. The lowest BCUT2D eigenvalue weighted by atomic mass is 9.95. The molecule has 0 aliphatic carbocycles. The van der Waals surface area contributed by atoms with Gasteiger partial charge in [0.25, 0.3) is 5.56 Å². The molecule has 1 aliphatic heterocycles. The highest BCUT2D eigenvalue weighted by molar-refractivity contribution is 14.1. The van der Waals surface area contributed by atoms with Gasteiger partial charge in [0.15, 0.2) is 10.5 Å². The van der Waals surface area contributed by atoms with E-state index in [1.165, 1.54) is 31.2 Å². The van der Waals surface area contributed by atoms with E-state index in [4.69, 9.17) is 32.7 Å². The number of allylic oxidation sites excluding steroid dienone is 1. The normalized spacial score (nSPS) is 15.2. The minimum absolute atomic E-state index is 0.117. The topological polar surface area (TPSA) is 69.9 Å². The third-order valence-electron chi connectivity index (χ3n) is 6.40. The molecule has 4 aromatic rings. The molecule has 14 heteroatoms. The van der Waals surface area contributed by atoms with E-state index in [-0.39, 0.29) is 21.5 Å². The first-order chi connectivity index (χ1) is 20.9. The van der Waals surface area contributed by atoms with Crippen LogP contribution in [0.1, 0.15) is 29.7 Å². The highest BCUT2D eigenvalue weighted by atomic mass is 127. The van der Waals surface area contributed by atoms with E-state index < -0.39 is 35.0 Å². The third kappa shape index (κ3) is 6.94. The first-order valence-corrected chi connectivity index (χ1v) is 16.2. The minimum Gasteiger partial charge on any atom is -0.487 e. The summed E-state index contributed by atoms with van der Waals surface area (Å²) in [6, 6.07) is 15.2. The van der Waals surface area contributed by atoms with Crippen molar-refractivity contribution < 1.29 is 27.4 Å². The summed E-state index contributed by atoms with van der Waals surface area (Å²) in [5.41, 5.74) is -1.07. The van der Waals surface area contributed by atoms with E-state index in [1.807, 2.05) is 12.1 Å². The average Bonchev–Trinajstić information content (AvgIpc) is 3.27. The molecule has 5 rings (SSSR count). The van der Waals surface area contributed by atoms with Crippen LogP contribution in [0.15, 0.2) is 86.2 Å². The van der Waals surface area contributed by atoms with E-state index in [9.17, 15) is 22.8 Å². The lowest BCUT2D eigenvalue weighted by Crippen LogP contribution is -2.41. The van der Waals surface area contributed by atoms with Crippen molar-refractivity contribution in [3.05, 3.63) is 126 Å². The summed E-state index contributed by atoms with van der Waals surface area (Å²) in [4.78, 5) is 30.4. The summed E-state index contributed by atoms with van der Waals surface area (Å²) in [5.74, 6) is -0.638. The molecule has 44 heavy (non-hydrogen) atoms. The van der Waals surface area contributed by atoms with Crippen molar-refractivity contribution in [1.82, 2.24) is 4.57 Å². The maximum atomic E-state index is 14.3. The van der Waals surface area contributed by atoms with Crippen molar-refractivity contribution in [2.24, 2.45) is 4.99 Å². The van der Waals surface area contributed by atoms with Gasteiger partial charge < -0.3 is 9.47 Å². The fourth-order valence-corrected chi connectivity index (χ4v) is 7.51. The number of thiazole rings is 1. The molecule has 0 radical (unpaired) electrons. The molecule has 0 unspecified atom stereocenters. The van der Waals surface area contributed by atoms with Crippen molar-refractivity contribution in [2.75, 3.05) is 6.61 Å². The van der Waals surface area contributed by atoms with Crippen molar-refractivity contribution in [1.29, 1.82) is 0 Å². The SMILES string of the molecule is CCOC(=O)C1=C(C(F)(F)F)N=c2s/c(=C\c3cc(Br)c(OCc4ccc(Cl)cc4)c(I)c3)c(=O)n2[C@@H]1c1ccc(Cl)cc1. The number of esters is 1. The molecule has 0 N–H and O–H groups in total. The first-order valence-electron chi connectivity index (χ1n) is 12.8. The minimum atomic E-state index is -5.00. The van der Waals surface area contributed by atoms with Crippen molar-refractivity contribution in [2.45, 2.75) is 25.7 Å². The number of carbonyl (C=O) groups excluding carboxylic acids is 1. The zero-order valence-electron chi connectivity index (χ0n) is 22.4. The molecule has 0 amide bonds. The molecule has 1 aromatic heterocycles. The second-order valence-electron chi connectivity index (χ2n) is 9.34. The Balaban J connectivity index is 1.61. The maximum Gasteiger partial charge on any atom is 0.434 e. The Bertz CT molecular complexity index is 1940. The summed E-state index contributed by atoms with van der Waals surface area (Å²) in [6.45, 7) is 1.60. The predicted molar refractivity (Wildman–Crippen MR) is 175 cm³/mol. The number of hydrogen-bond donors (Lipinski definition) is 0. The van der Waals surface area contributed by atoms with Gasteiger partial charge in [0.2, 0.25) is 0 Å². The van der Waals surface area contributed by atoms with Crippen molar-refractivity contribution in [3.63, 3.8) is 0 Å². The number of aromatic nitrogens is 1. The highest BCUT2D eigenvalue weighted by Crippen LogP contribution is 2.38. The third-order valence-corrected chi connectivity index (χ3v) is 9.27. The Labute approximate surface area is 284 Å². The molecule has 2 heterocycles. The zero-order valence-corrected chi connectivity index (χ0v) is 28.5. The second-order valence-corrected chi connectivity index (χ2v) is 13.2. The Hall–Kier alpha value is -2.65. The van der Waals surface area contributed by atoms with Crippen LogP contribution >= 0.6 is 73.1 Å². The van der Waals surface area contributed by atoms with E-state index >= 15 is 0 Å². The number of rotatable bonds is 7. The molecule has 3 aromatic carbocycles. The molecule has 0 saturated heterocycles. The first kappa shape index (κ1) is 32.7. The number of carbonyl (C=O) groups is 1. The van der Waals surface area contributed by atoms with E-state index in [0.717, 1.165) is 25.0 Å². The monoisotopic (exact) mass is 836 g/mol. The molecular formula is C30H19BrCl2F3IN2O4S. The Morgan fingerprint density at radius 3 is 2.34 bits per heavy atom. The Kier molecular flexibility index (Phi) is 9.95. The van der Waals surface area contributed by atoms with E-state index in [1.54, 1.807) is 30.3 Å². The van der Waals surface area contributed by atoms with Gasteiger partial charge in [-0.05, 0) is 105 Å². The van der Waals surface area contributed by atoms with Gasteiger partial charge in [-0.15, -0.1) is 0 Å². The number of hydrogen-bond acceptors (Lipinski definition) is 6. The van der Waals surface area contributed by atoms with Crippen LogP contribution in [0.3, 0.4) is 0 Å². The fraction of sp³-hybridized carbons (Fsp3) is 0.167. The number of halogens is 7. The zero-order chi connectivity index (χ0) is 31.8. The van der Waals surface area contributed by atoms with Crippen LogP contribution in [-0.4, -0.2) is 23.3 Å².